The molecule has 0 spiro atoms. The predicted molar refractivity (Wildman–Crippen MR) is 73.3 cm³/mol. The summed E-state index contributed by atoms with van der Waals surface area (Å²) >= 11 is 0. The Kier molecular flexibility index (Phi) is 4.93. The maximum atomic E-state index is 10.8. The average Bonchev–Trinajstić information content (AvgIpc) is 2.82. The number of benzene rings is 1. The van der Waals surface area contributed by atoms with Crippen molar-refractivity contribution in [2.45, 2.75) is 38.1 Å². The van der Waals surface area contributed by atoms with Gasteiger partial charge in [-0.15, -0.1) is 0 Å². The highest BCUT2D eigenvalue weighted by atomic mass is 16.4. The van der Waals surface area contributed by atoms with E-state index >= 15 is 0 Å². The molecule has 1 aliphatic rings. The molecule has 2 rings (SSSR count). The number of fused-ring (bicyclic) bond motifs is 1. The molecule has 3 N–H and O–H groups in total. The van der Waals surface area contributed by atoms with E-state index < -0.39 is 5.97 Å². The summed E-state index contributed by atoms with van der Waals surface area (Å²) in [7, 11) is 0. The molecular formula is C15H21NO3. The lowest BCUT2D eigenvalue weighted by atomic mass is 9.99. The monoisotopic (exact) mass is 263 g/mol. The first-order valence-corrected chi connectivity index (χ1v) is 6.85. The van der Waals surface area contributed by atoms with E-state index in [4.69, 9.17) is 10.2 Å². The van der Waals surface area contributed by atoms with Crippen molar-refractivity contribution in [3.05, 3.63) is 34.9 Å². The van der Waals surface area contributed by atoms with Crippen LogP contribution in [-0.2, 0) is 24.1 Å². The van der Waals surface area contributed by atoms with Gasteiger partial charge in [0.2, 0.25) is 0 Å². The Bertz CT molecular complexity index is 445. The molecule has 1 atom stereocenters. The van der Waals surface area contributed by atoms with E-state index in [0.29, 0.717) is 13.0 Å². The number of rotatable bonds is 7. The standard InChI is InChI=1S/C15H21NO3/c17-7-6-16-14(10-15(18)19)9-11-4-5-12-2-1-3-13(12)8-11/h4-5,8,14,16-17H,1-3,6-7,9-10H2,(H,18,19). The van der Waals surface area contributed by atoms with E-state index in [1.807, 2.05) is 0 Å². The summed E-state index contributed by atoms with van der Waals surface area (Å²) in [6.07, 6.45) is 4.30. The Morgan fingerprint density at radius 3 is 2.84 bits per heavy atom. The van der Waals surface area contributed by atoms with Crippen molar-refractivity contribution in [3.63, 3.8) is 0 Å². The minimum Gasteiger partial charge on any atom is -0.481 e. The van der Waals surface area contributed by atoms with E-state index in [2.05, 4.69) is 23.5 Å². The highest BCUT2D eigenvalue weighted by molar-refractivity contribution is 5.67. The molecule has 104 valence electrons. The van der Waals surface area contributed by atoms with Crippen molar-refractivity contribution in [2.24, 2.45) is 0 Å². The van der Waals surface area contributed by atoms with Crippen LogP contribution in [0.25, 0.3) is 0 Å². The molecule has 19 heavy (non-hydrogen) atoms. The molecule has 0 saturated heterocycles. The highest BCUT2D eigenvalue weighted by Gasteiger charge is 2.15. The predicted octanol–water partition coefficient (Wildman–Crippen LogP) is 1.14. The molecule has 0 aliphatic heterocycles. The molecule has 4 nitrogen and oxygen atoms in total. The van der Waals surface area contributed by atoms with Crippen molar-refractivity contribution in [1.82, 2.24) is 5.32 Å². The smallest absolute Gasteiger partial charge is 0.304 e. The molecular weight excluding hydrogens is 242 g/mol. The Hall–Kier alpha value is -1.39. The molecule has 1 aromatic rings. The topological polar surface area (TPSA) is 69.6 Å². The fraction of sp³-hybridized carbons (Fsp3) is 0.533. The number of aliphatic hydroxyl groups excluding tert-OH is 1. The van der Waals surface area contributed by atoms with Gasteiger partial charge in [0.1, 0.15) is 0 Å². The van der Waals surface area contributed by atoms with Gasteiger partial charge in [-0.05, 0) is 42.4 Å². The maximum absolute atomic E-state index is 10.8. The summed E-state index contributed by atoms with van der Waals surface area (Å²) in [6.45, 7) is 0.462. The van der Waals surface area contributed by atoms with Crippen molar-refractivity contribution < 1.29 is 15.0 Å². The zero-order valence-electron chi connectivity index (χ0n) is 11.1. The highest BCUT2D eigenvalue weighted by Crippen LogP contribution is 2.23. The zero-order valence-corrected chi connectivity index (χ0v) is 11.1. The largest absolute Gasteiger partial charge is 0.481 e. The van der Waals surface area contributed by atoms with Gasteiger partial charge in [-0.25, -0.2) is 0 Å². The van der Waals surface area contributed by atoms with Crippen LogP contribution in [0, 0.1) is 0 Å². The first-order valence-electron chi connectivity index (χ1n) is 6.85. The molecule has 1 aliphatic carbocycles. The summed E-state index contributed by atoms with van der Waals surface area (Å²) in [6, 6.07) is 6.35. The number of carbonyl (C=O) groups is 1. The molecule has 1 aromatic carbocycles. The van der Waals surface area contributed by atoms with Crippen molar-refractivity contribution in [3.8, 4) is 0 Å². The van der Waals surface area contributed by atoms with Gasteiger partial charge < -0.3 is 15.5 Å². The van der Waals surface area contributed by atoms with Crippen LogP contribution in [0.2, 0.25) is 0 Å². The summed E-state index contributed by atoms with van der Waals surface area (Å²) in [5.74, 6) is -0.809. The van der Waals surface area contributed by atoms with Gasteiger partial charge in [-0.1, -0.05) is 18.2 Å². The number of carboxylic acids is 1. The van der Waals surface area contributed by atoms with Crippen molar-refractivity contribution >= 4 is 5.97 Å². The molecule has 1 unspecified atom stereocenters. The second-order valence-electron chi connectivity index (χ2n) is 5.13. The van der Waals surface area contributed by atoms with Crippen molar-refractivity contribution in [1.29, 1.82) is 0 Å². The minimum absolute atomic E-state index is 0.0281. The van der Waals surface area contributed by atoms with E-state index in [9.17, 15) is 4.79 Å². The number of aryl methyl sites for hydroxylation is 2. The lowest BCUT2D eigenvalue weighted by Crippen LogP contribution is -2.35. The maximum Gasteiger partial charge on any atom is 0.304 e. The van der Waals surface area contributed by atoms with Gasteiger partial charge in [0, 0.05) is 12.6 Å². The number of nitrogens with one attached hydrogen (secondary N) is 1. The number of aliphatic hydroxyl groups is 1. The van der Waals surface area contributed by atoms with Gasteiger partial charge >= 0.3 is 5.97 Å². The minimum atomic E-state index is -0.809. The Morgan fingerprint density at radius 2 is 2.11 bits per heavy atom. The fourth-order valence-electron chi connectivity index (χ4n) is 2.73. The molecule has 0 amide bonds. The fourth-order valence-corrected chi connectivity index (χ4v) is 2.73. The van der Waals surface area contributed by atoms with Gasteiger partial charge in [-0.3, -0.25) is 4.79 Å². The lowest BCUT2D eigenvalue weighted by molar-refractivity contribution is -0.137. The number of carboxylic acid groups (broad SMARTS) is 1. The molecule has 0 radical (unpaired) electrons. The quantitative estimate of drug-likeness (QED) is 0.690. The third kappa shape index (κ3) is 4.04. The molecule has 0 bridgehead atoms. The van der Waals surface area contributed by atoms with E-state index in [-0.39, 0.29) is 19.1 Å². The second kappa shape index (κ2) is 6.68. The first kappa shape index (κ1) is 14.0. The summed E-state index contributed by atoms with van der Waals surface area (Å²) in [4.78, 5) is 10.8. The third-order valence-corrected chi connectivity index (χ3v) is 3.61. The first-order chi connectivity index (χ1) is 9.19. The van der Waals surface area contributed by atoms with Gasteiger partial charge in [0.15, 0.2) is 0 Å². The van der Waals surface area contributed by atoms with Crippen LogP contribution >= 0.6 is 0 Å². The third-order valence-electron chi connectivity index (χ3n) is 3.61. The van der Waals surface area contributed by atoms with E-state index in [1.165, 1.54) is 23.1 Å². The van der Waals surface area contributed by atoms with Crippen LogP contribution in [-0.4, -0.2) is 35.4 Å². The zero-order chi connectivity index (χ0) is 13.7. The normalized spacial score (nSPS) is 15.2. The molecule has 0 heterocycles. The van der Waals surface area contributed by atoms with E-state index in [1.54, 1.807) is 0 Å². The summed E-state index contributed by atoms with van der Waals surface area (Å²) in [5.41, 5.74) is 4.02. The van der Waals surface area contributed by atoms with Crippen molar-refractivity contribution in [2.75, 3.05) is 13.2 Å². The summed E-state index contributed by atoms with van der Waals surface area (Å²) < 4.78 is 0. The Morgan fingerprint density at radius 1 is 1.32 bits per heavy atom. The van der Waals surface area contributed by atoms with Crippen LogP contribution in [0.4, 0.5) is 0 Å². The number of aliphatic carboxylic acids is 1. The van der Waals surface area contributed by atoms with Gasteiger partial charge in [0.25, 0.3) is 0 Å². The molecule has 0 fully saturated rings. The van der Waals surface area contributed by atoms with Crippen LogP contribution in [0.5, 0.6) is 0 Å². The van der Waals surface area contributed by atoms with Crippen LogP contribution in [0.15, 0.2) is 18.2 Å². The number of hydrogen-bond donors (Lipinski definition) is 3. The van der Waals surface area contributed by atoms with E-state index in [0.717, 1.165) is 12.8 Å². The molecule has 0 aromatic heterocycles. The van der Waals surface area contributed by atoms with Gasteiger partial charge in [0.05, 0.1) is 13.0 Å². The van der Waals surface area contributed by atoms with Crippen LogP contribution < -0.4 is 5.32 Å². The Balaban J connectivity index is 2.01. The van der Waals surface area contributed by atoms with Crippen LogP contribution in [0.3, 0.4) is 0 Å². The molecule has 4 heteroatoms. The Labute approximate surface area is 113 Å². The molecule has 0 saturated carbocycles. The van der Waals surface area contributed by atoms with Gasteiger partial charge in [-0.2, -0.15) is 0 Å². The summed E-state index contributed by atoms with van der Waals surface area (Å²) in [5, 5.41) is 20.8. The van der Waals surface area contributed by atoms with Crippen LogP contribution in [0.1, 0.15) is 29.5 Å². The second-order valence-corrected chi connectivity index (χ2v) is 5.13. The number of hydrogen-bond acceptors (Lipinski definition) is 3. The SMILES string of the molecule is O=C(O)CC(Cc1ccc2c(c1)CCC2)NCCO. The lowest BCUT2D eigenvalue weighted by Gasteiger charge is -2.17. The average molecular weight is 263 g/mol.